The second-order valence-electron chi connectivity index (χ2n) is 11.0. The minimum Gasteiger partial charge on any atom is -0.380 e. The smallest absolute Gasteiger partial charge is 0.0544 e. The summed E-state index contributed by atoms with van der Waals surface area (Å²) in [4.78, 5) is 0. The van der Waals surface area contributed by atoms with Crippen molar-refractivity contribution in [3.8, 4) is 0 Å². The van der Waals surface area contributed by atoms with E-state index in [9.17, 15) is 0 Å². The van der Waals surface area contributed by atoms with E-state index in [2.05, 4.69) is 69.2 Å². The van der Waals surface area contributed by atoms with Gasteiger partial charge in [0.25, 0.3) is 0 Å². The Morgan fingerprint density at radius 2 is 0.424 bits per heavy atom. The van der Waals surface area contributed by atoms with E-state index >= 15 is 0 Å². The number of ether oxygens (including phenoxy) is 3. The molecule has 0 aliphatic heterocycles. The Balaban J connectivity index is 4.96. The molecule has 0 unspecified atom stereocenters. The lowest BCUT2D eigenvalue weighted by molar-refractivity contribution is -0.0887. The van der Waals surface area contributed by atoms with E-state index in [0.717, 1.165) is 65.3 Å². The van der Waals surface area contributed by atoms with Gasteiger partial charge >= 0.3 is 0 Å². The molecule has 0 aliphatic rings. The van der Waals surface area contributed by atoms with Crippen LogP contribution in [0.2, 0.25) is 0 Å². The molecular formula is C30H62O3. The van der Waals surface area contributed by atoms with Crippen LogP contribution < -0.4 is 0 Å². The molecule has 3 heteroatoms. The molecule has 0 bridgehead atoms. The fourth-order valence-electron chi connectivity index (χ4n) is 4.96. The first-order chi connectivity index (χ1) is 15.7. The van der Waals surface area contributed by atoms with Crippen LogP contribution in [-0.2, 0) is 14.2 Å². The maximum Gasteiger partial charge on any atom is 0.0544 e. The first kappa shape index (κ1) is 32.9. The summed E-state index contributed by atoms with van der Waals surface area (Å²) in [6.07, 6.45) is 11.5. The minimum atomic E-state index is 0.108. The van der Waals surface area contributed by atoms with Crippen LogP contribution in [0.4, 0.5) is 0 Å². The zero-order chi connectivity index (χ0) is 25.4. The summed E-state index contributed by atoms with van der Waals surface area (Å²) in [5.74, 6) is 0. The molecule has 33 heavy (non-hydrogen) atoms. The zero-order valence-electron chi connectivity index (χ0n) is 24.5. The van der Waals surface area contributed by atoms with Crippen molar-refractivity contribution < 1.29 is 14.2 Å². The molecule has 0 spiro atoms. The Morgan fingerprint density at radius 1 is 0.273 bits per heavy atom. The van der Waals surface area contributed by atoms with Crippen molar-refractivity contribution in [2.45, 2.75) is 133 Å². The Labute approximate surface area is 209 Å². The molecular weight excluding hydrogens is 408 g/mol. The average molecular weight is 471 g/mol. The Bertz CT molecular complexity index is 399. The van der Waals surface area contributed by atoms with E-state index in [4.69, 9.17) is 14.2 Å². The van der Waals surface area contributed by atoms with Crippen LogP contribution in [-0.4, -0.2) is 39.6 Å². The molecule has 0 amide bonds. The summed E-state index contributed by atoms with van der Waals surface area (Å²) in [6, 6.07) is 0. The van der Waals surface area contributed by atoms with Gasteiger partial charge in [-0.2, -0.15) is 0 Å². The van der Waals surface area contributed by atoms with E-state index in [1.807, 2.05) is 0 Å². The maximum atomic E-state index is 6.49. The van der Waals surface area contributed by atoms with Gasteiger partial charge < -0.3 is 14.2 Å². The Kier molecular flexibility index (Phi) is 16.5. The maximum absolute atomic E-state index is 6.49. The van der Waals surface area contributed by atoms with Gasteiger partial charge in [0.05, 0.1) is 39.6 Å². The molecule has 0 heterocycles. The van der Waals surface area contributed by atoms with Crippen molar-refractivity contribution in [3.05, 3.63) is 0 Å². The third-order valence-electron chi connectivity index (χ3n) is 9.95. The van der Waals surface area contributed by atoms with Gasteiger partial charge in [-0.3, -0.25) is 0 Å². The van der Waals surface area contributed by atoms with Gasteiger partial charge in [-0.25, -0.2) is 0 Å². The van der Waals surface area contributed by atoms with E-state index in [-0.39, 0.29) is 10.8 Å². The summed E-state index contributed by atoms with van der Waals surface area (Å²) in [6.45, 7) is 27.9. The summed E-state index contributed by atoms with van der Waals surface area (Å²) >= 11 is 0. The molecule has 0 aromatic rings. The lowest BCUT2D eigenvalue weighted by atomic mass is 9.80. The average Bonchev–Trinajstić information content (AvgIpc) is 2.88. The van der Waals surface area contributed by atoms with Gasteiger partial charge in [0.15, 0.2) is 0 Å². The molecule has 0 N–H and O–H groups in total. The van der Waals surface area contributed by atoms with E-state index in [1.54, 1.807) is 0 Å². The van der Waals surface area contributed by atoms with Crippen LogP contribution in [0.15, 0.2) is 0 Å². The normalized spacial score (nSPS) is 13.6. The predicted octanol–water partition coefficient (Wildman–Crippen LogP) is 9.08. The third-order valence-corrected chi connectivity index (χ3v) is 9.95. The van der Waals surface area contributed by atoms with E-state index in [1.165, 1.54) is 38.5 Å². The summed E-state index contributed by atoms with van der Waals surface area (Å²) in [5.41, 5.74) is 0.874. The monoisotopic (exact) mass is 470 g/mol. The molecule has 0 aromatic heterocycles. The molecule has 3 nitrogen and oxygen atoms in total. The van der Waals surface area contributed by atoms with Gasteiger partial charge in [0.1, 0.15) is 0 Å². The summed E-state index contributed by atoms with van der Waals surface area (Å²) in [7, 11) is 0. The first-order valence-corrected chi connectivity index (χ1v) is 14.5. The topological polar surface area (TPSA) is 27.7 Å². The minimum absolute atomic E-state index is 0.108. The first-order valence-electron chi connectivity index (χ1n) is 14.5. The highest BCUT2D eigenvalue weighted by molar-refractivity contribution is 4.82. The second-order valence-corrected chi connectivity index (χ2v) is 11.0. The van der Waals surface area contributed by atoms with Crippen LogP contribution in [0.1, 0.15) is 133 Å². The highest BCUT2D eigenvalue weighted by atomic mass is 16.5. The quantitative estimate of drug-likeness (QED) is 0.158. The number of hydrogen-bond donors (Lipinski definition) is 0. The third kappa shape index (κ3) is 9.80. The molecule has 0 saturated heterocycles. The second kappa shape index (κ2) is 16.5. The van der Waals surface area contributed by atoms with Gasteiger partial charge in [0, 0.05) is 10.8 Å². The molecule has 0 aliphatic carbocycles. The Hall–Kier alpha value is -0.120. The SMILES string of the molecule is CCC(CC)(CC)COCC(CC)(CC)COCC(CC)(CC)COCC(CC)(CC)CC. The van der Waals surface area contributed by atoms with Gasteiger partial charge in [-0.1, -0.05) is 69.2 Å². The van der Waals surface area contributed by atoms with Crippen LogP contribution in [0.3, 0.4) is 0 Å². The van der Waals surface area contributed by atoms with Crippen LogP contribution >= 0.6 is 0 Å². The largest absolute Gasteiger partial charge is 0.380 e. The molecule has 0 atom stereocenters. The van der Waals surface area contributed by atoms with Crippen molar-refractivity contribution in [2.24, 2.45) is 21.7 Å². The van der Waals surface area contributed by atoms with Crippen molar-refractivity contribution in [1.29, 1.82) is 0 Å². The lowest BCUT2D eigenvalue weighted by Crippen LogP contribution is -2.38. The van der Waals surface area contributed by atoms with Gasteiger partial charge in [-0.15, -0.1) is 0 Å². The number of hydrogen-bond acceptors (Lipinski definition) is 3. The molecule has 0 saturated carbocycles. The van der Waals surface area contributed by atoms with Crippen molar-refractivity contribution in [2.75, 3.05) is 39.6 Å². The van der Waals surface area contributed by atoms with Crippen LogP contribution in [0.5, 0.6) is 0 Å². The number of rotatable bonds is 22. The highest BCUT2D eigenvalue weighted by Gasteiger charge is 2.33. The van der Waals surface area contributed by atoms with Crippen LogP contribution in [0, 0.1) is 21.7 Å². The fourth-order valence-corrected chi connectivity index (χ4v) is 4.96. The molecule has 200 valence electrons. The van der Waals surface area contributed by atoms with Gasteiger partial charge in [0.2, 0.25) is 0 Å². The summed E-state index contributed by atoms with van der Waals surface area (Å²) < 4.78 is 19.3. The molecule has 0 rings (SSSR count). The van der Waals surface area contributed by atoms with Crippen molar-refractivity contribution in [1.82, 2.24) is 0 Å². The van der Waals surface area contributed by atoms with Crippen molar-refractivity contribution in [3.63, 3.8) is 0 Å². The van der Waals surface area contributed by atoms with Gasteiger partial charge in [-0.05, 0) is 75.0 Å². The van der Waals surface area contributed by atoms with Crippen LogP contribution in [0.25, 0.3) is 0 Å². The molecule has 0 radical (unpaired) electrons. The fraction of sp³-hybridized carbons (Fsp3) is 1.00. The Morgan fingerprint density at radius 3 is 0.576 bits per heavy atom. The zero-order valence-corrected chi connectivity index (χ0v) is 24.5. The van der Waals surface area contributed by atoms with E-state index in [0.29, 0.717) is 10.8 Å². The predicted molar refractivity (Wildman–Crippen MR) is 145 cm³/mol. The lowest BCUT2D eigenvalue weighted by Gasteiger charge is -2.38. The standard InChI is InChI=1S/C30H62O3/c1-11-27(12-2,13-3)21-31-23-29(17-7,18-8)25-33-26-30(19-9,20-10)24-32-22-28(14-4,15-5)16-6/h11-26H2,1-10H3. The highest BCUT2D eigenvalue weighted by Crippen LogP contribution is 2.35. The summed E-state index contributed by atoms with van der Waals surface area (Å²) in [5, 5.41) is 0. The molecule has 0 fully saturated rings. The molecule has 0 aromatic carbocycles. The van der Waals surface area contributed by atoms with Crippen molar-refractivity contribution >= 4 is 0 Å². The van der Waals surface area contributed by atoms with E-state index < -0.39 is 0 Å².